The Morgan fingerprint density at radius 3 is 2.52 bits per heavy atom. The van der Waals surface area contributed by atoms with E-state index in [0.29, 0.717) is 18.5 Å². The Kier molecular flexibility index (Phi) is 5.96. The summed E-state index contributed by atoms with van der Waals surface area (Å²) in [4.78, 5) is 38.8. The minimum atomic E-state index is -1.10. The molecule has 2 rings (SSSR count). The Bertz CT molecular complexity index is 669. The van der Waals surface area contributed by atoms with Gasteiger partial charge in [0.05, 0.1) is 7.11 Å². The SMILES string of the molecule is COC(=O)CNC(=O)C1(CC(C)C)C=CCN1C(=O)c1ccccc1. The molecule has 1 atom stereocenters. The molecule has 6 heteroatoms. The lowest BCUT2D eigenvalue weighted by molar-refractivity contribution is -0.142. The number of methoxy groups -OCH3 is 1. The number of hydrogen-bond acceptors (Lipinski definition) is 4. The van der Waals surface area contributed by atoms with Crippen molar-refractivity contribution in [1.82, 2.24) is 10.2 Å². The molecule has 25 heavy (non-hydrogen) atoms. The summed E-state index contributed by atoms with van der Waals surface area (Å²) < 4.78 is 4.57. The maximum atomic E-state index is 13.0. The van der Waals surface area contributed by atoms with Gasteiger partial charge in [0.25, 0.3) is 11.8 Å². The molecule has 1 unspecified atom stereocenters. The Morgan fingerprint density at radius 1 is 1.24 bits per heavy atom. The Morgan fingerprint density at radius 2 is 1.92 bits per heavy atom. The smallest absolute Gasteiger partial charge is 0.325 e. The summed E-state index contributed by atoms with van der Waals surface area (Å²) in [5, 5.41) is 2.60. The van der Waals surface area contributed by atoms with E-state index in [0.717, 1.165) is 0 Å². The Hall–Kier alpha value is -2.63. The van der Waals surface area contributed by atoms with Crippen molar-refractivity contribution in [3.8, 4) is 0 Å². The standard InChI is InChI=1S/C19H24N2O4/c1-14(2)12-19(18(24)20-13-16(22)25-3)10-7-11-21(19)17(23)15-8-5-4-6-9-15/h4-10,14H,11-13H2,1-3H3,(H,20,24). The average Bonchev–Trinajstić information content (AvgIpc) is 3.03. The zero-order valence-electron chi connectivity index (χ0n) is 14.8. The van der Waals surface area contributed by atoms with Gasteiger partial charge >= 0.3 is 5.97 Å². The second-order valence-electron chi connectivity index (χ2n) is 6.47. The van der Waals surface area contributed by atoms with Crippen molar-refractivity contribution >= 4 is 17.8 Å². The predicted octanol–water partition coefficient (Wildman–Crippen LogP) is 1.77. The molecule has 0 spiro atoms. The molecule has 1 aromatic rings. The summed E-state index contributed by atoms with van der Waals surface area (Å²) in [5.74, 6) is -0.933. The van der Waals surface area contributed by atoms with Gasteiger partial charge in [-0.3, -0.25) is 14.4 Å². The van der Waals surface area contributed by atoms with Crippen LogP contribution in [0.25, 0.3) is 0 Å². The van der Waals surface area contributed by atoms with Gasteiger partial charge in [0.1, 0.15) is 12.1 Å². The first-order valence-corrected chi connectivity index (χ1v) is 8.30. The average molecular weight is 344 g/mol. The van der Waals surface area contributed by atoms with E-state index in [4.69, 9.17) is 0 Å². The first kappa shape index (κ1) is 18.7. The van der Waals surface area contributed by atoms with Gasteiger partial charge in [0.15, 0.2) is 0 Å². The zero-order valence-corrected chi connectivity index (χ0v) is 14.8. The maximum Gasteiger partial charge on any atom is 0.325 e. The van der Waals surface area contributed by atoms with Gasteiger partial charge in [-0.15, -0.1) is 0 Å². The third-order valence-electron chi connectivity index (χ3n) is 4.16. The highest BCUT2D eigenvalue weighted by Crippen LogP contribution is 2.32. The fraction of sp³-hybridized carbons (Fsp3) is 0.421. The molecule has 0 aliphatic carbocycles. The lowest BCUT2D eigenvalue weighted by Crippen LogP contribution is -2.58. The van der Waals surface area contributed by atoms with Crippen molar-refractivity contribution in [2.24, 2.45) is 5.92 Å². The van der Waals surface area contributed by atoms with E-state index in [1.807, 2.05) is 26.0 Å². The fourth-order valence-electron chi connectivity index (χ4n) is 3.08. The Balaban J connectivity index is 2.30. The van der Waals surface area contributed by atoms with E-state index < -0.39 is 11.5 Å². The van der Waals surface area contributed by atoms with Gasteiger partial charge in [-0.2, -0.15) is 0 Å². The minimum absolute atomic E-state index is 0.178. The van der Waals surface area contributed by atoms with Crippen molar-refractivity contribution < 1.29 is 19.1 Å². The fourth-order valence-corrected chi connectivity index (χ4v) is 3.08. The molecule has 0 aromatic heterocycles. The van der Waals surface area contributed by atoms with Crippen LogP contribution in [-0.2, 0) is 14.3 Å². The number of benzene rings is 1. The van der Waals surface area contributed by atoms with Crippen molar-refractivity contribution in [2.75, 3.05) is 20.2 Å². The molecular weight excluding hydrogens is 320 g/mol. The van der Waals surface area contributed by atoms with Crippen LogP contribution in [0.2, 0.25) is 0 Å². The normalized spacial score (nSPS) is 19.1. The second-order valence-corrected chi connectivity index (χ2v) is 6.47. The van der Waals surface area contributed by atoms with E-state index in [9.17, 15) is 14.4 Å². The number of hydrogen-bond donors (Lipinski definition) is 1. The van der Waals surface area contributed by atoms with Crippen LogP contribution in [0, 0.1) is 5.92 Å². The van der Waals surface area contributed by atoms with Gasteiger partial charge in [0.2, 0.25) is 0 Å². The largest absolute Gasteiger partial charge is 0.468 e. The Labute approximate surface area is 147 Å². The van der Waals surface area contributed by atoms with Gasteiger partial charge < -0.3 is 15.0 Å². The van der Waals surface area contributed by atoms with Crippen LogP contribution in [0.1, 0.15) is 30.6 Å². The van der Waals surface area contributed by atoms with E-state index in [-0.39, 0.29) is 24.3 Å². The van der Waals surface area contributed by atoms with Crippen molar-refractivity contribution in [3.63, 3.8) is 0 Å². The molecule has 2 amide bonds. The summed E-state index contributed by atoms with van der Waals surface area (Å²) in [6, 6.07) is 8.88. The molecule has 0 radical (unpaired) electrons. The molecule has 1 N–H and O–H groups in total. The minimum Gasteiger partial charge on any atom is -0.468 e. The van der Waals surface area contributed by atoms with Gasteiger partial charge in [-0.05, 0) is 24.5 Å². The van der Waals surface area contributed by atoms with Gasteiger partial charge in [-0.1, -0.05) is 44.2 Å². The lowest BCUT2D eigenvalue weighted by Gasteiger charge is -2.38. The van der Waals surface area contributed by atoms with E-state index >= 15 is 0 Å². The highest BCUT2D eigenvalue weighted by atomic mass is 16.5. The number of ether oxygens (including phenoxy) is 1. The quantitative estimate of drug-likeness (QED) is 0.630. The monoisotopic (exact) mass is 344 g/mol. The van der Waals surface area contributed by atoms with Gasteiger partial charge in [0, 0.05) is 12.1 Å². The maximum absolute atomic E-state index is 13.0. The number of carbonyl (C=O) groups excluding carboxylic acids is 3. The summed E-state index contributed by atoms with van der Waals surface area (Å²) in [6.45, 7) is 4.11. The molecule has 0 fully saturated rings. The van der Waals surface area contributed by atoms with Crippen LogP contribution in [0.3, 0.4) is 0 Å². The van der Waals surface area contributed by atoms with Crippen LogP contribution < -0.4 is 5.32 Å². The van der Waals surface area contributed by atoms with Gasteiger partial charge in [-0.25, -0.2) is 0 Å². The number of amides is 2. The number of nitrogens with one attached hydrogen (secondary N) is 1. The number of rotatable bonds is 6. The molecule has 6 nitrogen and oxygen atoms in total. The molecule has 1 heterocycles. The van der Waals surface area contributed by atoms with Crippen LogP contribution in [0.5, 0.6) is 0 Å². The summed E-state index contributed by atoms with van der Waals surface area (Å²) in [5.41, 5.74) is -0.574. The van der Waals surface area contributed by atoms with E-state index in [1.165, 1.54) is 7.11 Å². The molecule has 0 bridgehead atoms. The predicted molar refractivity (Wildman–Crippen MR) is 93.8 cm³/mol. The van der Waals surface area contributed by atoms with Crippen LogP contribution in [-0.4, -0.2) is 48.4 Å². The third-order valence-corrected chi connectivity index (χ3v) is 4.16. The first-order valence-electron chi connectivity index (χ1n) is 8.30. The highest BCUT2D eigenvalue weighted by Gasteiger charge is 2.47. The molecule has 134 valence electrons. The topological polar surface area (TPSA) is 75.7 Å². The molecule has 0 saturated carbocycles. The van der Waals surface area contributed by atoms with Crippen LogP contribution in [0.4, 0.5) is 0 Å². The molecule has 1 aromatic carbocycles. The molecule has 0 saturated heterocycles. The number of nitrogens with zero attached hydrogens (tertiary/aromatic N) is 1. The van der Waals surface area contributed by atoms with Crippen molar-refractivity contribution in [3.05, 3.63) is 48.0 Å². The summed E-state index contributed by atoms with van der Waals surface area (Å²) in [6.07, 6.45) is 4.05. The summed E-state index contributed by atoms with van der Waals surface area (Å²) >= 11 is 0. The lowest BCUT2D eigenvalue weighted by atomic mass is 9.87. The van der Waals surface area contributed by atoms with E-state index in [2.05, 4.69) is 10.1 Å². The van der Waals surface area contributed by atoms with Crippen molar-refractivity contribution in [2.45, 2.75) is 25.8 Å². The van der Waals surface area contributed by atoms with E-state index in [1.54, 1.807) is 35.2 Å². The second kappa shape index (κ2) is 7.96. The van der Waals surface area contributed by atoms with Crippen LogP contribution in [0.15, 0.2) is 42.5 Å². The summed E-state index contributed by atoms with van der Waals surface area (Å²) in [7, 11) is 1.26. The highest BCUT2D eigenvalue weighted by molar-refractivity contribution is 6.01. The molecule has 1 aliphatic heterocycles. The number of carbonyl (C=O) groups is 3. The number of esters is 1. The first-order chi connectivity index (χ1) is 11.9. The zero-order chi connectivity index (χ0) is 18.4. The molecular formula is C19H24N2O4. The molecule has 1 aliphatic rings. The van der Waals surface area contributed by atoms with Crippen molar-refractivity contribution in [1.29, 1.82) is 0 Å². The van der Waals surface area contributed by atoms with Crippen LogP contribution >= 0.6 is 0 Å². The third kappa shape index (κ3) is 4.07.